The van der Waals surface area contributed by atoms with E-state index >= 15 is 0 Å². The van der Waals surface area contributed by atoms with Gasteiger partial charge in [0, 0.05) is 5.92 Å². The molecule has 0 aliphatic carbocycles. The molecule has 1 aliphatic rings. The molecule has 0 saturated carbocycles. The lowest BCUT2D eigenvalue weighted by molar-refractivity contribution is 0.222. The highest BCUT2D eigenvalue weighted by Crippen LogP contribution is 2.27. The SMILES string of the molecule is CC.CC.CCCSC1OC=CC1C. The normalized spacial score (nSPS) is 22.7. The van der Waals surface area contributed by atoms with Gasteiger partial charge < -0.3 is 4.74 Å². The third-order valence-corrected chi connectivity index (χ3v) is 3.02. The number of rotatable bonds is 3. The zero-order valence-electron chi connectivity index (χ0n) is 10.5. The Morgan fingerprint density at radius 3 is 2.14 bits per heavy atom. The number of hydrogen-bond donors (Lipinski definition) is 0. The van der Waals surface area contributed by atoms with Crippen LogP contribution in [0.1, 0.15) is 48.0 Å². The van der Waals surface area contributed by atoms with Crippen molar-refractivity contribution in [3.8, 4) is 0 Å². The van der Waals surface area contributed by atoms with Crippen LogP contribution in [-0.2, 0) is 4.74 Å². The first-order valence-corrected chi connectivity index (χ1v) is 6.83. The highest BCUT2D eigenvalue weighted by molar-refractivity contribution is 7.99. The molecular weight excluding hydrogens is 192 g/mol. The molecule has 2 unspecified atom stereocenters. The largest absolute Gasteiger partial charge is 0.487 e. The Morgan fingerprint density at radius 2 is 1.79 bits per heavy atom. The summed E-state index contributed by atoms with van der Waals surface area (Å²) in [6.45, 7) is 12.4. The summed E-state index contributed by atoms with van der Waals surface area (Å²) >= 11 is 1.91. The highest BCUT2D eigenvalue weighted by Gasteiger charge is 2.19. The molecule has 0 saturated heterocycles. The molecule has 0 bridgehead atoms. The van der Waals surface area contributed by atoms with Crippen molar-refractivity contribution in [3.05, 3.63) is 12.3 Å². The minimum atomic E-state index is 0.389. The number of hydrogen-bond acceptors (Lipinski definition) is 2. The summed E-state index contributed by atoms with van der Waals surface area (Å²) in [5, 5.41) is 0. The predicted molar refractivity (Wildman–Crippen MR) is 68.6 cm³/mol. The van der Waals surface area contributed by atoms with Crippen LogP contribution in [-0.4, -0.2) is 11.2 Å². The molecule has 1 rings (SSSR count). The molecule has 0 amide bonds. The maximum atomic E-state index is 5.35. The lowest BCUT2D eigenvalue weighted by atomic mass is 10.2. The topological polar surface area (TPSA) is 9.23 Å². The van der Waals surface area contributed by atoms with E-state index in [0.29, 0.717) is 11.4 Å². The maximum absolute atomic E-state index is 5.35. The van der Waals surface area contributed by atoms with Gasteiger partial charge in [0.25, 0.3) is 0 Å². The number of thioether (sulfide) groups is 1. The summed E-state index contributed by atoms with van der Waals surface area (Å²) in [5.74, 6) is 1.80. The minimum absolute atomic E-state index is 0.389. The summed E-state index contributed by atoms with van der Waals surface area (Å²) in [6, 6.07) is 0. The Bertz CT molecular complexity index is 123. The number of ether oxygens (including phenoxy) is 1. The fraction of sp³-hybridized carbons (Fsp3) is 0.833. The van der Waals surface area contributed by atoms with Gasteiger partial charge >= 0.3 is 0 Å². The minimum Gasteiger partial charge on any atom is -0.487 e. The van der Waals surface area contributed by atoms with Gasteiger partial charge in [-0.1, -0.05) is 41.5 Å². The zero-order valence-corrected chi connectivity index (χ0v) is 11.4. The predicted octanol–water partition coefficient (Wildman–Crippen LogP) is 4.69. The van der Waals surface area contributed by atoms with E-state index in [1.54, 1.807) is 0 Å². The molecule has 86 valence electrons. The third-order valence-electron chi connectivity index (χ3n) is 1.51. The maximum Gasteiger partial charge on any atom is 0.149 e. The van der Waals surface area contributed by atoms with E-state index in [-0.39, 0.29) is 0 Å². The lowest BCUT2D eigenvalue weighted by Crippen LogP contribution is -2.08. The van der Waals surface area contributed by atoms with Gasteiger partial charge in [-0.3, -0.25) is 0 Å². The van der Waals surface area contributed by atoms with Crippen LogP contribution in [0.15, 0.2) is 12.3 Å². The monoisotopic (exact) mass is 218 g/mol. The zero-order chi connectivity index (χ0) is 11.4. The van der Waals surface area contributed by atoms with Gasteiger partial charge in [-0.15, -0.1) is 11.8 Å². The molecule has 0 radical (unpaired) electrons. The third kappa shape index (κ3) is 7.31. The summed E-state index contributed by atoms with van der Waals surface area (Å²) in [4.78, 5) is 0. The van der Waals surface area contributed by atoms with E-state index in [0.717, 1.165) is 0 Å². The van der Waals surface area contributed by atoms with Crippen LogP contribution < -0.4 is 0 Å². The van der Waals surface area contributed by atoms with Gasteiger partial charge in [-0.2, -0.15) is 0 Å². The molecule has 1 nitrogen and oxygen atoms in total. The Labute approximate surface area is 94.3 Å². The Morgan fingerprint density at radius 1 is 1.21 bits per heavy atom. The molecule has 2 atom stereocenters. The molecule has 0 aromatic heterocycles. The first kappa shape index (κ1) is 16.3. The molecule has 14 heavy (non-hydrogen) atoms. The van der Waals surface area contributed by atoms with Crippen molar-refractivity contribution >= 4 is 11.8 Å². The van der Waals surface area contributed by atoms with Crippen LogP contribution in [0.25, 0.3) is 0 Å². The first-order chi connectivity index (χ1) is 6.84. The van der Waals surface area contributed by atoms with Crippen LogP contribution in [0.4, 0.5) is 0 Å². The van der Waals surface area contributed by atoms with Crippen molar-refractivity contribution in [1.29, 1.82) is 0 Å². The van der Waals surface area contributed by atoms with E-state index in [1.165, 1.54) is 12.2 Å². The van der Waals surface area contributed by atoms with Crippen molar-refractivity contribution in [1.82, 2.24) is 0 Å². The Balaban J connectivity index is 0. The van der Waals surface area contributed by atoms with Crippen molar-refractivity contribution in [2.75, 3.05) is 5.75 Å². The van der Waals surface area contributed by atoms with E-state index in [1.807, 2.05) is 45.7 Å². The van der Waals surface area contributed by atoms with Crippen molar-refractivity contribution < 1.29 is 4.74 Å². The highest BCUT2D eigenvalue weighted by atomic mass is 32.2. The van der Waals surface area contributed by atoms with Gasteiger partial charge in [0.05, 0.1) is 6.26 Å². The smallest absolute Gasteiger partial charge is 0.149 e. The average molecular weight is 218 g/mol. The first-order valence-electron chi connectivity index (χ1n) is 5.78. The molecule has 0 aromatic rings. The molecule has 0 fully saturated rings. The second-order valence-corrected chi connectivity index (χ2v) is 3.77. The van der Waals surface area contributed by atoms with Gasteiger partial charge in [0.1, 0.15) is 5.44 Å². The molecule has 1 heterocycles. The van der Waals surface area contributed by atoms with Crippen molar-refractivity contribution in [2.45, 2.75) is 53.4 Å². The van der Waals surface area contributed by atoms with Gasteiger partial charge in [0.2, 0.25) is 0 Å². The van der Waals surface area contributed by atoms with Crippen LogP contribution in [0.3, 0.4) is 0 Å². The Kier molecular flexibility index (Phi) is 15.0. The van der Waals surface area contributed by atoms with Crippen LogP contribution in [0, 0.1) is 5.92 Å². The second-order valence-electron chi connectivity index (χ2n) is 2.56. The molecule has 2 heteroatoms. The molecule has 0 aromatic carbocycles. The molecular formula is C12H26OS. The van der Waals surface area contributed by atoms with E-state index in [2.05, 4.69) is 19.9 Å². The van der Waals surface area contributed by atoms with Crippen LogP contribution >= 0.6 is 11.8 Å². The fourth-order valence-corrected chi connectivity index (χ4v) is 1.89. The van der Waals surface area contributed by atoms with Gasteiger partial charge in [-0.05, 0) is 18.2 Å². The summed E-state index contributed by atoms with van der Waals surface area (Å²) in [7, 11) is 0. The second kappa shape index (κ2) is 12.9. The van der Waals surface area contributed by atoms with E-state index in [4.69, 9.17) is 4.74 Å². The summed E-state index contributed by atoms with van der Waals surface area (Å²) in [5.41, 5.74) is 0.389. The van der Waals surface area contributed by atoms with E-state index < -0.39 is 0 Å². The lowest BCUT2D eigenvalue weighted by Gasteiger charge is -2.13. The van der Waals surface area contributed by atoms with Crippen LogP contribution in [0.2, 0.25) is 0 Å². The summed E-state index contributed by atoms with van der Waals surface area (Å²) in [6.07, 6.45) is 5.17. The molecule has 0 spiro atoms. The Hall–Kier alpha value is -0.110. The van der Waals surface area contributed by atoms with E-state index in [9.17, 15) is 0 Å². The van der Waals surface area contributed by atoms with Crippen molar-refractivity contribution in [3.63, 3.8) is 0 Å². The van der Waals surface area contributed by atoms with Gasteiger partial charge in [0.15, 0.2) is 0 Å². The molecule has 1 aliphatic heterocycles. The summed E-state index contributed by atoms with van der Waals surface area (Å²) < 4.78 is 5.35. The average Bonchev–Trinajstić information content (AvgIpc) is 2.67. The van der Waals surface area contributed by atoms with Crippen molar-refractivity contribution in [2.24, 2.45) is 5.92 Å². The van der Waals surface area contributed by atoms with Gasteiger partial charge in [-0.25, -0.2) is 0 Å². The standard InChI is InChI=1S/C8H14OS.2C2H6/c1-3-6-10-8-7(2)4-5-9-8;2*1-2/h4-5,7-8H,3,6H2,1-2H3;2*1-2H3. The fourth-order valence-electron chi connectivity index (χ4n) is 0.886. The molecule has 0 N–H and O–H groups in total. The quantitative estimate of drug-likeness (QED) is 0.679. The van der Waals surface area contributed by atoms with Crippen LogP contribution in [0.5, 0.6) is 0 Å².